The number of hydrogen-bond acceptors (Lipinski definition) is 6. The van der Waals surface area contributed by atoms with Gasteiger partial charge in [0.15, 0.2) is 0 Å². The Bertz CT molecular complexity index is 1000. The zero-order valence-electron chi connectivity index (χ0n) is 26.1. The Labute approximate surface area is 255 Å². The minimum atomic E-state index is 0.867. The zero-order valence-corrected chi connectivity index (χ0v) is 26.1. The highest BCUT2D eigenvalue weighted by Crippen LogP contribution is 2.17. The van der Waals surface area contributed by atoms with Gasteiger partial charge in [0.05, 0.1) is 14.2 Å². The molecule has 0 aliphatic rings. The Morgan fingerprint density at radius 2 is 0.738 bits per heavy atom. The molecule has 3 rings (SSSR count). The topological polar surface area (TPSA) is 66.6 Å². The van der Waals surface area contributed by atoms with Crippen molar-refractivity contribution in [3.63, 3.8) is 0 Å². The normalized spacial score (nSPS) is 11.1. The van der Waals surface area contributed by atoms with Gasteiger partial charge in [-0.15, -0.1) is 0 Å². The Morgan fingerprint density at radius 1 is 0.405 bits per heavy atom. The van der Waals surface area contributed by atoms with Crippen molar-refractivity contribution in [2.75, 3.05) is 40.4 Å². The van der Waals surface area contributed by atoms with Crippen molar-refractivity contribution in [3.05, 3.63) is 95.1 Å². The first-order valence-electron chi connectivity index (χ1n) is 15.9. The van der Waals surface area contributed by atoms with E-state index in [2.05, 4.69) is 69.8 Å². The molecule has 6 nitrogen and oxygen atoms in total. The fourth-order valence-corrected chi connectivity index (χ4v) is 5.09. The van der Waals surface area contributed by atoms with Crippen LogP contribution in [0.4, 0.5) is 0 Å². The van der Waals surface area contributed by atoms with Gasteiger partial charge in [-0.05, 0) is 75.1 Å². The molecule has 3 aromatic carbocycles. The molecule has 0 heterocycles. The van der Waals surface area contributed by atoms with E-state index in [9.17, 15) is 0 Å². The van der Waals surface area contributed by atoms with Gasteiger partial charge >= 0.3 is 0 Å². The summed E-state index contributed by atoms with van der Waals surface area (Å²) in [7, 11) is 3.47. The van der Waals surface area contributed by atoms with Crippen LogP contribution in [0, 0.1) is 0 Å². The van der Waals surface area contributed by atoms with E-state index >= 15 is 0 Å². The van der Waals surface area contributed by atoms with Crippen LogP contribution >= 0.6 is 0 Å². The monoisotopic (exact) mass is 574 g/mol. The second kappa shape index (κ2) is 21.8. The maximum absolute atomic E-state index is 5.41. The highest BCUT2D eigenvalue weighted by molar-refractivity contribution is 5.33. The van der Waals surface area contributed by atoms with E-state index in [1.165, 1.54) is 73.6 Å². The molecule has 0 saturated carbocycles. The van der Waals surface area contributed by atoms with Gasteiger partial charge in [0.25, 0.3) is 0 Å². The van der Waals surface area contributed by atoms with Gasteiger partial charge in [-0.3, -0.25) is 0 Å². The molecule has 0 atom stereocenters. The minimum Gasteiger partial charge on any atom is -0.496 e. The summed E-state index contributed by atoms with van der Waals surface area (Å²) in [6, 6.07) is 25.5. The molecule has 0 spiro atoms. The van der Waals surface area contributed by atoms with Crippen LogP contribution in [-0.2, 0) is 26.2 Å². The Kier molecular flexibility index (Phi) is 17.4. The largest absolute Gasteiger partial charge is 0.496 e. The molecule has 0 aromatic heterocycles. The molecule has 0 aliphatic carbocycles. The van der Waals surface area contributed by atoms with Crippen molar-refractivity contribution in [1.29, 1.82) is 0 Å². The average molecular weight is 575 g/mol. The lowest BCUT2D eigenvalue weighted by Gasteiger charge is -2.10. The molecule has 3 aromatic rings. The number of hydrogen-bond donors (Lipinski definition) is 4. The average Bonchev–Trinajstić information content (AvgIpc) is 3.03. The van der Waals surface area contributed by atoms with E-state index in [1.54, 1.807) is 14.2 Å². The molecule has 230 valence electrons. The van der Waals surface area contributed by atoms with Crippen LogP contribution in [0.5, 0.6) is 11.5 Å². The molecule has 0 amide bonds. The van der Waals surface area contributed by atoms with Crippen molar-refractivity contribution in [2.45, 2.75) is 77.5 Å². The summed E-state index contributed by atoms with van der Waals surface area (Å²) in [6.45, 7) is 7.89. The van der Waals surface area contributed by atoms with E-state index in [0.29, 0.717) is 0 Å². The number of unbranched alkanes of at least 4 members (excludes halogenated alkanes) is 6. The molecule has 4 N–H and O–H groups in total. The number of ether oxygens (including phenoxy) is 2. The lowest BCUT2D eigenvalue weighted by Crippen LogP contribution is -2.17. The molecule has 0 radical (unpaired) electrons. The Morgan fingerprint density at radius 3 is 1.10 bits per heavy atom. The maximum atomic E-state index is 5.41. The molecule has 0 unspecified atom stereocenters. The molecular formula is C36H54N4O2. The predicted octanol–water partition coefficient (Wildman–Crippen LogP) is 6.58. The predicted molar refractivity (Wildman–Crippen MR) is 176 cm³/mol. The van der Waals surface area contributed by atoms with Crippen LogP contribution in [0.15, 0.2) is 72.8 Å². The molecule has 0 fully saturated rings. The van der Waals surface area contributed by atoms with Gasteiger partial charge in [0, 0.05) is 37.3 Å². The molecular weight excluding hydrogens is 520 g/mol. The third kappa shape index (κ3) is 13.8. The quantitative estimate of drug-likeness (QED) is 0.0906. The summed E-state index contributed by atoms with van der Waals surface area (Å²) in [5.41, 5.74) is 5.17. The fourth-order valence-electron chi connectivity index (χ4n) is 5.09. The second-order valence-corrected chi connectivity index (χ2v) is 11.0. The summed E-state index contributed by atoms with van der Waals surface area (Å²) in [4.78, 5) is 0. The summed E-state index contributed by atoms with van der Waals surface area (Å²) >= 11 is 0. The molecule has 0 aliphatic heterocycles. The Hall–Kier alpha value is -2.90. The molecule has 6 heteroatoms. The summed E-state index contributed by atoms with van der Waals surface area (Å²) in [5, 5.41) is 14.3. The summed E-state index contributed by atoms with van der Waals surface area (Å²) in [6.07, 6.45) is 9.97. The number of benzene rings is 3. The van der Waals surface area contributed by atoms with Crippen LogP contribution in [0.25, 0.3) is 0 Å². The van der Waals surface area contributed by atoms with Gasteiger partial charge < -0.3 is 30.7 Å². The first-order chi connectivity index (χ1) is 20.8. The van der Waals surface area contributed by atoms with Crippen molar-refractivity contribution in [1.82, 2.24) is 21.3 Å². The van der Waals surface area contributed by atoms with Crippen LogP contribution in [0.1, 0.15) is 73.6 Å². The first-order valence-corrected chi connectivity index (χ1v) is 15.9. The van der Waals surface area contributed by atoms with Crippen molar-refractivity contribution in [2.24, 2.45) is 0 Å². The standard InChI is InChI=1S/C36H54N4O2/c1-41-35-17-9-7-15-33(35)29-39-25-13-5-3-11-23-37-27-31-19-21-32(22-20-31)28-38-24-12-4-6-14-26-40-30-34-16-8-10-18-36(34)42-2/h7-10,15-22,37-40H,3-6,11-14,23-30H2,1-2H3. The first kappa shape index (κ1) is 33.6. The van der Waals surface area contributed by atoms with Crippen LogP contribution in [0.2, 0.25) is 0 Å². The lowest BCUT2D eigenvalue weighted by molar-refractivity contribution is 0.407. The minimum absolute atomic E-state index is 0.867. The Balaban J connectivity index is 1.09. The maximum Gasteiger partial charge on any atom is 0.123 e. The van der Waals surface area contributed by atoms with Gasteiger partial charge in [-0.1, -0.05) is 86.3 Å². The van der Waals surface area contributed by atoms with Gasteiger partial charge in [0.2, 0.25) is 0 Å². The van der Waals surface area contributed by atoms with Crippen LogP contribution in [0.3, 0.4) is 0 Å². The van der Waals surface area contributed by atoms with Gasteiger partial charge in [-0.25, -0.2) is 0 Å². The van der Waals surface area contributed by atoms with Gasteiger partial charge in [-0.2, -0.15) is 0 Å². The van der Waals surface area contributed by atoms with Gasteiger partial charge in [0.1, 0.15) is 11.5 Å². The third-order valence-electron chi connectivity index (χ3n) is 7.61. The number of methoxy groups -OCH3 is 2. The second-order valence-electron chi connectivity index (χ2n) is 11.0. The zero-order chi connectivity index (χ0) is 29.5. The van der Waals surface area contributed by atoms with Crippen molar-refractivity contribution in [3.8, 4) is 11.5 Å². The van der Waals surface area contributed by atoms with Crippen molar-refractivity contribution < 1.29 is 9.47 Å². The number of nitrogens with one attached hydrogen (secondary N) is 4. The van der Waals surface area contributed by atoms with E-state index in [1.807, 2.05) is 24.3 Å². The van der Waals surface area contributed by atoms with E-state index in [0.717, 1.165) is 63.9 Å². The number of rotatable bonds is 24. The SMILES string of the molecule is COc1ccccc1CNCCCCCCNCc1ccc(CNCCCCCCNCc2ccccc2OC)cc1. The fraction of sp³-hybridized carbons (Fsp3) is 0.500. The van der Waals surface area contributed by atoms with Crippen LogP contribution < -0.4 is 30.7 Å². The molecule has 0 saturated heterocycles. The van der Waals surface area contributed by atoms with E-state index < -0.39 is 0 Å². The van der Waals surface area contributed by atoms with E-state index in [-0.39, 0.29) is 0 Å². The molecule has 42 heavy (non-hydrogen) atoms. The van der Waals surface area contributed by atoms with E-state index in [4.69, 9.17) is 9.47 Å². The summed E-state index contributed by atoms with van der Waals surface area (Å²) in [5.74, 6) is 1.93. The molecule has 0 bridgehead atoms. The van der Waals surface area contributed by atoms with Crippen LogP contribution in [-0.4, -0.2) is 40.4 Å². The summed E-state index contributed by atoms with van der Waals surface area (Å²) < 4.78 is 10.8. The smallest absolute Gasteiger partial charge is 0.123 e. The lowest BCUT2D eigenvalue weighted by atomic mass is 10.1. The van der Waals surface area contributed by atoms with Crippen molar-refractivity contribution >= 4 is 0 Å². The number of para-hydroxylation sites is 2. The highest BCUT2D eigenvalue weighted by atomic mass is 16.5. The third-order valence-corrected chi connectivity index (χ3v) is 7.61. The highest BCUT2D eigenvalue weighted by Gasteiger charge is 2.02.